The predicted molar refractivity (Wildman–Crippen MR) is 108 cm³/mol. The molecule has 2 aromatic carbocycles. The number of carbonyl (C=O) groups is 1. The fourth-order valence-corrected chi connectivity index (χ4v) is 2.83. The lowest BCUT2D eigenvalue weighted by molar-refractivity contribution is 0.0955. The number of benzene rings is 2. The smallest absolute Gasteiger partial charge is 0.271 e. The molecule has 4 nitrogen and oxygen atoms in total. The van der Waals surface area contributed by atoms with Crippen LogP contribution in [-0.2, 0) is 0 Å². The molecule has 0 atom stereocenters. The van der Waals surface area contributed by atoms with E-state index in [0.29, 0.717) is 32.7 Å². The van der Waals surface area contributed by atoms with Crippen molar-refractivity contribution in [3.63, 3.8) is 0 Å². The molecule has 0 radical (unpaired) electrons. The molecule has 0 aliphatic carbocycles. The summed E-state index contributed by atoms with van der Waals surface area (Å²) in [5.74, 6) is 0.754. The van der Waals surface area contributed by atoms with Gasteiger partial charge in [-0.25, -0.2) is 5.43 Å². The normalized spacial score (nSPS) is 11.0. The van der Waals surface area contributed by atoms with Gasteiger partial charge in [0.15, 0.2) is 0 Å². The lowest BCUT2D eigenvalue weighted by Crippen LogP contribution is -2.17. The van der Waals surface area contributed by atoms with E-state index < -0.39 is 0 Å². The van der Waals surface area contributed by atoms with E-state index in [1.54, 1.807) is 36.4 Å². The Labute approximate surface area is 168 Å². The molecule has 25 heavy (non-hydrogen) atoms. The molecule has 0 unspecified atom stereocenters. The SMILES string of the molecule is O=C(N/N=C\c1ccc(-c2cccc(Cl)c2Cl)o1)c1ccc(I)cc1. The van der Waals surface area contributed by atoms with Gasteiger partial charge in [0.25, 0.3) is 5.91 Å². The van der Waals surface area contributed by atoms with E-state index in [9.17, 15) is 4.79 Å². The Hall–Kier alpha value is -1.83. The molecule has 3 aromatic rings. The molecule has 0 bridgehead atoms. The van der Waals surface area contributed by atoms with Crippen molar-refractivity contribution in [2.75, 3.05) is 0 Å². The van der Waals surface area contributed by atoms with Gasteiger partial charge in [-0.1, -0.05) is 29.3 Å². The average molecular weight is 485 g/mol. The third-order valence-corrected chi connectivity index (χ3v) is 4.85. The monoisotopic (exact) mass is 484 g/mol. The van der Waals surface area contributed by atoms with Gasteiger partial charge in [-0.3, -0.25) is 4.79 Å². The standard InChI is InChI=1S/C18H11Cl2IN2O2/c19-15-3-1-2-14(17(15)20)16-9-8-13(25-16)10-22-23-18(24)11-4-6-12(21)7-5-11/h1-10H,(H,23,24)/b22-10-. The van der Waals surface area contributed by atoms with Crippen molar-refractivity contribution < 1.29 is 9.21 Å². The molecular weight excluding hydrogens is 474 g/mol. The first-order valence-corrected chi connectivity index (χ1v) is 9.01. The predicted octanol–water partition coefficient (Wildman–Crippen LogP) is 5.62. The molecule has 3 rings (SSSR count). The van der Waals surface area contributed by atoms with Crippen LogP contribution in [0.1, 0.15) is 16.1 Å². The second-order valence-corrected chi connectivity index (χ2v) is 7.04. The first-order chi connectivity index (χ1) is 12.0. The third kappa shape index (κ3) is 4.42. The van der Waals surface area contributed by atoms with Gasteiger partial charge in [-0.2, -0.15) is 5.10 Å². The number of hydrazone groups is 1. The van der Waals surface area contributed by atoms with Crippen LogP contribution in [0.5, 0.6) is 0 Å². The van der Waals surface area contributed by atoms with Crippen molar-refractivity contribution in [2.24, 2.45) is 5.10 Å². The molecule has 7 heteroatoms. The zero-order valence-corrected chi connectivity index (χ0v) is 16.3. The Balaban J connectivity index is 1.69. The summed E-state index contributed by atoms with van der Waals surface area (Å²) in [6, 6.07) is 16.0. The van der Waals surface area contributed by atoms with Crippen LogP contribution in [0, 0.1) is 3.57 Å². The first-order valence-electron chi connectivity index (χ1n) is 7.18. The van der Waals surface area contributed by atoms with E-state index in [-0.39, 0.29) is 5.91 Å². The molecule has 0 aliphatic heterocycles. The highest BCUT2D eigenvalue weighted by Crippen LogP contribution is 2.34. The topological polar surface area (TPSA) is 54.6 Å². The van der Waals surface area contributed by atoms with E-state index in [4.69, 9.17) is 27.6 Å². The largest absolute Gasteiger partial charge is 0.455 e. The highest BCUT2D eigenvalue weighted by molar-refractivity contribution is 14.1. The van der Waals surface area contributed by atoms with E-state index in [0.717, 1.165) is 3.57 Å². The van der Waals surface area contributed by atoms with Gasteiger partial charge in [0.1, 0.15) is 11.5 Å². The Morgan fingerprint density at radius 2 is 1.84 bits per heavy atom. The zero-order valence-electron chi connectivity index (χ0n) is 12.7. The molecule has 1 N–H and O–H groups in total. The van der Waals surface area contributed by atoms with Crippen LogP contribution < -0.4 is 5.43 Å². The Kier molecular flexibility index (Phi) is 5.78. The van der Waals surface area contributed by atoms with Crippen LogP contribution in [0.25, 0.3) is 11.3 Å². The number of furan rings is 1. The molecule has 0 spiro atoms. The fraction of sp³-hybridized carbons (Fsp3) is 0. The number of carbonyl (C=O) groups excluding carboxylic acids is 1. The van der Waals surface area contributed by atoms with E-state index in [2.05, 4.69) is 33.1 Å². The van der Waals surface area contributed by atoms with Crippen molar-refractivity contribution in [3.8, 4) is 11.3 Å². The number of amides is 1. The van der Waals surface area contributed by atoms with Crippen LogP contribution in [0.4, 0.5) is 0 Å². The van der Waals surface area contributed by atoms with Gasteiger partial charge in [0.2, 0.25) is 0 Å². The maximum atomic E-state index is 12.0. The van der Waals surface area contributed by atoms with Crippen molar-refractivity contribution >= 4 is 57.9 Å². The van der Waals surface area contributed by atoms with Gasteiger partial charge < -0.3 is 4.42 Å². The molecule has 1 aromatic heterocycles. The lowest BCUT2D eigenvalue weighted by Gasteiger charge is -2.02. The third-order valence-electron chi connectivity index (χ3n) is 3.31. The van der Waals surface area contributed by atoms with Gasteiger partial charge in [0, 0.05) is 14.7 Å². The number of nitrogens with zero attached hydrogens (tertiary/aromatic N) is 1. The highest BCUT2D eigenvalue weighted by atomic mass is 127. The summed E-state index contributed by atoms with van der Waals surface area (Å²) >= 11 is 14.4. The summed E-state index contributed by atoms with van der Waals surface area (Å²) in [7, 11) is 0. The maximum Gasteiger partial charge on any atom is 0.271 e. The summed E-state index contributed by atoms with van der Waals surface area (Å²) in [6.45, 7) is 0. The number of hydrogen-bond acceptors (Lipinski definition) is 3. The summed E-state index contributed by atoms with van der Waals surface area (Å²) in [5.41, 5.74) is 3.68. The Morgan fingerprint density at radius 3 is 2.60 bits per heavy atom. The molecule has 0 aliphatic rings. The van der Waals surface area contributed by atoms with Crippen molar-refractivity contribution in [1.82, 2.24) is 5.43 Å². The van der Waals surface area contributed by atoms with Crippen molar-refractivity contribution in [1.29, 1.82) is 0 Å². The number of halogens is 3. The number of rotatable bonds is 4. The maximum absolute atomic E-state index is 12.0. The van der Waals surface area contributed by atoms with E-state index in [1.807, 2.05) is 18.2 Å². The van der Waals surface area contributed by atoms with Crippen LogP contribution >= 0.6 is 45.8 Å². The highest BCUT2D eigenvalue weighted by Gasteiger charge is 2.10. The summed E-state index contributed by atoms with van der Waals surface area (Å²) in [5, 5.41) is 4.79. The quantitative estimate of drug-likeness (QED) is 0.297. The van der Waals surface area contributed by atoms with Crippen LogP contribution in [-0.4, -0.2) is 12.1 Å². The Bertz CT molecular complexity index is 937. The summed E-state index contributed by atoms with van der Waals surface area (Å²) in [6.07, 6.45) is 1.42. The molecular formula is C18H11Cl2IN2O2. The van der Waals surface area contributed by atoms with E-state index in [1.165, 1.54) is 6.21 Å². The molecule has 0 saturated carbocycles. The van der Waals surface area contributed by atoms with Crippen LogP contribution in [0.3, 0.4) is 0 Å². The molecule has 0 saturated heterocycles. The second kappa shape index (κ2) is 8.03. The van der Waals surface area contributed by atoms with Gasteiger partial charge >= 0.3 is 0 Å². The molecule has 1 heterocycles. The minimum Gasteiger partial charge on any atom is -0.455 e. The fourth-order valence-electron chi connectivity index (χ4n) is 2.08. The van der Waals surface area contributed by atoms with Crippen molar-refractivity contribution in [3.05, 3.63) is 79.5 Å². The molecule has 1 amide bonds. The Morgan fingerprint density at radius 1 is 1.08 bits per heavy atom. The van der Waals surface area contributed by atoms with Gasteiger partial charge in [-0.15, -0.1) is 0 Å². The van der Waals surface area contributed by atoms with Crippen LogP contribution in [0.2, 0.25) is 10.0 Å². The van der Waals surface area contributed by atoms with E-state index >= 15 is 0 Å². The first kappa shape index (κ1) is 18.0. The summed E-state index contributed by atoms with van der Waals surface area (Å²) in [4.78, 5) is 12.0. The molecule has 126 valence electrons. The van der Waals surface area contributed by atoms with Crippen LogP contribution in [0.15, 0.2) is 64.1 Å². The minimum atomic E-state index is -0.294. The number of hydrogen-bond donors (Lipinski definition) is 1. The average Bonchev–Trinajstić information content (AvgIpc) is 3.06. The summed E-state index contributed by atoms with van der Waals surface area (Å²) < 4.78 is 6.72. The zero-order chi connectivity index (χ0) is 17.8. The lowest BCUT2D eigenvalue weighted by atomic mass is 10.2. The number of nitrogens with one attached hydrogen (secondary N) is 1. The van der Waals surface area contributed by atoms with Gasteiger partial charge in [-0.05, 0) is 71.1 Å². The minimum absolute atomic E-state index is 0.294. The second-order valence-electron chi connectivity index (χ2n) is 5.01. The van der Waals surface area contributed by atoms with Gasteiger partial charge in [0.05, 0.1) is 16.3 Å². The molecule has 0 fully saturated rings. The van der Waals surface area contributed by atoms with Crippen molar-refractivity contribution in [2.45, 2.75) is 0 Å².